The van der Waals surface area contributed by atoms with Gasteiger partial charge in [-0.2, -0.15) is 0 Å². The molecule has 0 amide bonds. The quantitative estimate of drug-likeness (QED) is 0.780. The average molecular weight is 391 g/mol. The largest absolute Gasteiger partial charge is 0.307 e. The van der Waals surface area contributed by atoms with Crippen LogP contribution in [0.1, 0.15) is 31.0 Å². The molecule has 1 aliphatic heterocycles. The molecule has 0 radical (unpaired) electrons. The van der Waals surface area contributed by atoms with Crippen LogP contribution < -0.4 is 10.3 Å². The van der Waals surface area contributed by atoms with Crippen LogP contribution in [0.5, 0.6) is 0 Å². The second-order valence-electron chi connectivity index (χ2n) is 7.08. The Kier molecular flexibility index (Phi) is 6.08. The van der Waals surface area contributed by atoms with Gasteiger partial charge in [0.15, 0.2) is 0 Å². The predicted molar refractivity (Wildman–Crippen MR) is 106 cm³/mol. The summed E-state index contributed by atoms with van der Waals surface area (Å²) in [7, 11) is -3.14. The number of hydrogen-bond acceptors (Lipinski definition) is 5. The van der Waals surface area contributed by atoms with E-state index < -0.39 is 10.0 Å². The lowest BCUT2D eigenvalue weighted by Crippen LogP contribution is -2.43. The van der Waals surface area contributed by atoms with Crippen molar-refractivity contribution < 1.29 is 8.42 Å². The summed E-state index contributed by atoms with van der Waals surface area (Å²) >= 11 is 0. The van der Waals surface area contributed by atoms with E-state index in [9.17, 15) is 13.2 Å². The van der Waals surface area contributed by atoms with Crippen LogP contribution in [0.3, 0.4) is 0 Å². The highest BCUT2D eigenvalue weighted by Crippen LogP contribution is 2.18. The fraction of sp³-hybridized carbons (Fsp3) is 0.474. The van der Waals surface area contributed by atoms with Crippen molar-refractivity contribution >= 4 is 10.0 Å². The summed E-state index contributed by atoms with van der Waals surface area (Å²) in [6.45, 7) is 4.53. The summed E-state index contributed by atoms with van der Waals surface area (Å²) in [5, 5.41) is 0. The van der Waals surface area contributed by atoms with Crippen molar-refractivity contribution in [3.8, 4) is 11.4 Å². The normalized spacial score (nSPS) is 16.5. The highest BCUT2D eigenvalue weighted by molar-refractivity contribution is 7.88. The second-order valence-corrected chi connectivity index (χ2v) is 8.86. The SMILES string of the molecule is CCc1cc(=O)[nH]c(-c2ccc(CN3CCC(NS(C)(=O)=O)CC3)cc2)n1. The molecule has 0 aliphatic carbocycles. The lowest BCUT2D eigenvalue weighted by molar-refractivity contribution is 0.200. The van der Waals surface area contributed by atoms with Crippen LogP contribution in [0.15, 0.2) is 35.1 Å². The molecule has 1 aliphatic rings. The Bertz CT molecular complexity index is 930. The molecule has 0 spiro atoms. The third-order valence-electron chi connectivity index (χ3n) is 4.76. The molecule has 3 rings (SSSR count). The molecule has 2 N–H and O–H groups in total. The number of benzene rings is 1. The summed E-state index contributed by atoms with van der Waals surface area (Å²) in [6.07, 6.45) is 3.57. The summed E-state index contributed by atoms with van der Waals surface area (Å²) in [6, 6.07) is 9.62. The molecular weight excluding hydrogens is 364 g/mol. The van der Waals surface area contributed by atoms with Gasteiger partial charge in [0, 0.05) is 43.0 Å². The van der Waals surface area contributed by atoms with Crippen LogP contribution in [0.4, 0.5) is 0 Å². The lowest BCUT2D eigenvalue weighted by atomic mass is 10.0. The van der Waals surface area contributed by atoms with Crippen molar-refractivity contribution in [3.05, 3.63) is 51.9 Å². The lowest BCUT2D eigenvalue weighted by Gasteiger charge is -2.31. The van der Waals surface area contributed by atoms with Crippen molar-refractivity contribution in [1.29, 1.82) is 0 Å². The minimum Gasteiger partial charge on any atom is -0.307 e. The molecule has 8 heteroatoms. The molecular formula is C19H26N4O3S. The van der Waals surface area contributed by atoms with Gasteiger partial charge in [-0.05, 0) is 24.8 Å². The second kappa shape index (κ2) is 8.33. The molecule has 7 nitrogen and oxygen atoms in total. The first kappa shape index (κ1) is 19.7. The van der Waals surface area contributed by atoms with Gasteiger partial charge in [-0.25, -0.2) is 18.1 Å². The maximum Gasteiger partial charge on any atom is 0.251 e. The Morgan fingerprint density at radius 3 is 2.48 bits per heavy atom. The van der Waals surface area contributed by atoms with Crippen molar-refractivity contribution in [1.82, 2.24) is 19.6 Å². The number of aromatic amines is 1. The Labute approximate surface area is 159 Å². The number of rotatable bonds is 6. The van der Waals surface area contributed by atoms with Gasteiger partial charge in [-0.3, -0.25) is 9.69 Å². The number of aromatic nitrogens is 2. The summed E-state index contributed by atoms with van der Waals surface area (Å²) in [5.41, 5.74) is 2.72. The molecule has 0 bridgehead atoms. The van der Waals surface area contributed by atoms with Gasteiger partial charge in [-0.15, -0.1) is 0 Å². The fourth-order valence-corrected chi connectivity index (χ4v) is 4.20. The first-order chi connectivity index (χ1) is 12.8. The molecule has 27 heavy (non-hydrogen) atoms. The number of aryl methyl sites for hydroxylation is 1. The number of piperidine rings is 1. The molecule has 1 aromatic carbocycles. The summed E-state index contributed by atoms with van der Waals surface area (Å²) in [5.74, 6) is 0.596. The van der Waals surface area contributed by atoms with Gasteiger partial charge in [0.25, 0.3) is 5.56 Å². The number of nitrogens with zero attached hydrogens (tertiary/aromatic N) is 2. The highest BCUT2D eigenvalue weighted by Gasteiger charge is 2.21. The number of sulfonamides is 1. The van der Waals surface area contributed by atoms with Gasteiger partial charge in [0.05, 0.1) is 6.26 Å². The third-order valence-corrected chi connectivity index (χ3v) is 5.52. The van der Waals surface area contributed by atoms with E-state index in [0.29, 0.717) is 5.82 Å². The van der Waals surface area contributed by atoms with Gasteiger partial charge >= 0.3 is 0 Å². The van der Waals surface area contributed by atoms with Crippen LogP contribution in [0.25, 0.3) is 11.4 Å². The first-order valence-corrected chi connectivity index (χ1v) is 11.1. The van der Waals surface area contributed by atoms with Crippen LogP contribution >= 0.6 is 0 Å². The fourth-order valence-electron chi connectivity index (χ4n) is 3.36. The van der Waals surface area contributed by atoms with E-state index in [1.54, 1.807) is 0 Å². The first-order valence-electron chi connectivity index (χ1n) is 9.21. The van der Waals surface area contributed by atoms with Crippen molar-refractivity contribution in [2.24, 2.45) is 0 Å². The monoisotopic (exact) mass is 390 g/mol. The minimum absolute atomic E-state index is 0.0346. The maximum absolute atomic E-state index is 11.7. The van der Waals surface area contributed by atoms with Crippen molar-refractivity contribution in [2.45, 2.75) is 38.8 Å². The minimum atomic E-state index is -3.14. The number of likely N-dealkylation sites (tertiary alicyclic amines) is 1. The highest BCUT2D eigenvalue weighted by atomic mass is 32.2. The van der Waals surface area contributed by atoms with Crippen molar-refractivity contribution in [2.75, 3.05) is 19.3 Å². The standard InChI is InChI=1S/C19H26N4O3S/c1-3-16-12-18(24)21-19(20-16)15-6-4-14(5-7-15)13-23-10-8-17(9-11-23)22-27(2,25)26/h4-7,12,17,22H,3,8-11,13H2,1-2H3,(H,20,21,24). The van der Waals surface area contributed by atoms with Gasteiger partial charge in [0.1, 0.15) is 5.82 Å². The van der Waals surface area contributed by atoms with E-state index in [0.717, 1.165) is 50.2 Å². The Morgan fingerprint density at radius 2 is 1.89 bits per heavy atom. The molecule has 2 heterocycles. The van der Waals surface area contributed by atoms with Gasteiger partial charge < -0.3 is 4.98 Å². The van der Waals surface area contributed by atoms with Crippen molar-refractivity contribution in [3.63, 3.8) is 0 Å². The topological polar surface area (TPSA) is 95.2 Å². The van der Waals surface area contributed by atoms with Gasteiger partial charge in [-0.1, -0.05) is 31.2 Å². The molecule has 0 unspecified atom stereocenters. The molecule has 1 fully saturated rings. The Morgan fingerprint density at radius 1 is 1.22 bits per heavy atom. The number of nitrogens with one attached hydrogen (secondary N) is 2. The zero-order valence-corrected chi connectivity index (χ0v) is 16.6. The Balaban J connectivity index is 1.60. The smallest absolute Gasteiger partial charge is 0.251 e. The van der Waals surface area contributed by atoms with Gasteiger partial charge in [0.2, 0.25) is 10.0 Å². The maximum atomic E-state index is 11.7. The molecule has 0 saturated carbocycles. The van der Waals surface area contributed by atoms with E-state index in [1.165, 1.54) is 17.9 Å². The predicted octanol–water partition coefficient (Wildman–Crippen LogP) is 1.51. The van der Waals surface area contributed by atoms with Crippen LogP contribution in [-0.4, -0.2) is 48.7 Å². The summed E-state index contributed by atoms with van der Waals surface area (Å²) < 4.78 is 25.4. The molecule has 2 aromatic rings. The van der Waals surface area contributed by atoms with E-state index in [1.807, 2.05) is 19.1 Å². The average Bonchev–Trinajstić information content (AvgIpc) is 2.62. The third kappa shape index (κ3) is 5.72. The Hall–Kier alpha value is -2.03. The summed E-state index contributed by atoms with van der Waals surface area (Å²) in [4.78, 5) is 21.3. The van der Waals surface area contributed by atoms with E-state index in [2.05, 4.69) is 31.7 Å². The van der Waals surface area contributed by atoms with Crippen LogP contribution in [0.2, 0.25) is 0 Å². The van der Waals surface area contributed by atoms with Crippen LogP contribution in [-0.2, 0) is 23.0 Å². The van der Waals surface area contributed by atoms with E-state index in [4.69, 9.17) is 0 Å². The zero-order chi connectivity index (χ0) is 19.4. The van der Waals surface area contributed by atoms with E-state index in [-0.39, 0.29) is 11.6 Å². The van der Waals surface area contributed by atoms with E-state index >= 15 is 0 Å². The molecule has 146 valence electrons. The molecule has 1 aromatic heterocycles. The van der Waals surface area contributed by atoms with Crippen LogP contribution in [0, 0.1) is 0 Å². The molecule has 1 saturated heterocycles. The zero-order valence-electron chi connectivity index (χ0n) is 15.7. The molecule has 0 atom stereocenters. The number of H-pyrrole nitrogens is 1. The number of hydrogen-bond donors (Lipinski definition) is 2.